The largest absolute Gasteiger partial charge is 0.497 e. The number of nitrogens with one attached hydrogen (secondary N) is 2. The van der Waals surface area contributed by atoms with Gasteiger partial charge in [-0.25, -0.2) is 13.4 Å². The molecule has 0 saturated carbocycles. The molecule has 216 valence electrons. The third kappa shape index (κ3) is 6.58. The molecule has 2 N–H and O–H groups in total. The Morgan fingerprint density at radius 2 is 1.68 bits per heavy atom. The maximum Gasteiger partial charge on any atom is 0.272 e. The van der Waals surface area contributed by atoms with Crippen LogP contribution in [0, 0.1) is 5.92 Å². The van der Waals surface area contributed by atoms with Gasteiger partial charge in [-0.1, -0.05) is 62.4 Å². The van der Waals surface area contributed by atoms with Crippen molar-refractivity contribution in [1.29, 1.82) is 0 Å². The highest BCUT2D eigenvalue weighted by Gasteiger charge is 2.35. The number of para-hydroxylation sites is 1. The molecule has 0 aliphatic carbocycles. The van der Waals surface area contributed by atoms with E-state index in [0.717, 1.165) is 11.1 Å². The molecule has 10 nitrogen and oxygen atoms in total. The number of anilines is 1. The first-order valence-electron chi connectivity index (χ1n) is 13.1. The number of aliphatic imine (C=N–C) groups is 1. The fourth-order valence-corrected chi connectivity index (χ4v) is 5.99. The molecule has 1 aliphatic heterocycles. The summed E-state index contributed by atoms with van der Waals surface area (Å²) in [7, 11) is 0.151. The Hall–Kier alpha value is -4.22. The molecule has 3 aromatic rings. The molecule has 0 bridgehead atoms. The maximum atomic E-state index is 13.7. The summed E-state index contributed by atoms with van der Waals surface area (Å²) in [6.07, 6.45) is -1.12. The van der Waals surface area contributed by atoms with Crippen LogP contribution in [0.1, 0.15) is 31.4 Å². The predicted molar refractivity (Wildman–Crippen MR) is 157 cm³/mol. The summed E-state index contributed by atoms with van der Waals surface area (Å²) in [5.41, 5.74) is 2.68. The average Bonchev–Trinajstić information content (AvgIpc) is 3.07. The number of benzodiazepines with no additional fused rings is 1. The molecular weight excluding hydrogens is 544 g/mol. The number of fused-ring (bicyclic) bond motifs is 1. The van der Waals surface area contributed by atoms with Crippen molar-refractivity contribution < 1.29 is 27.5 Å². The van der Waals surface area contributed by atoms with E-state index in [4.69, 9.17) is 14.5 Å². The molecule has 2 unspecified atom stereocenters. The molecule has 0 spiro atoms. The van der Waals surface area contributed by atoms with Crippen molar-refractivity contribution in [3.63, 3.8) is 0 Å². The molecule has 4 rings (SSSR count). The van der Waals surface area contributed by atoms with Gasteiger partial charge in [0.25, 0.3) is 5.91 Å². The van der Waals surface area contributed by atoms with E-state index in [1.54, 1.807) is 13.1 Å². The van der Waals surface area contributed by atoms with Crippen LogP contribution in [0.5, 0.6) is 11.5 Å². The zero-order valence-corrected chi connectivity index (χ0v) is 24.4. The number of carbonyl (C=O) groups is 2. The number of carbonyl (C=O) groups excluding carboxylic acids is 2. The molecule has 2 amide bonds. The van der Waals surface area contributed by atoms with Crippen LogP contribution in [0.3, 0.4) is 0 Å². The Morgan fingerprint density at radius 3 is 2.34 bits per heavy atom. The van der Waals surface area contributed by atoms with E-state index in [1.165, 1.54) is 31.3 Å². The van der Waals surface area contributed by atoms with Gasteiger partial charge in [-0.15, -0.1) is 0 Å². The number of benzene rings is 3. The van der Waals surface area contributed by atoms with Crippen LogP contribution in [-0.2, 0) is 19.6 Å². The Balaban J connectivity index is 1.70. The second-order valence-electron chi connectivity index (χ2n) is 9.99. The summed E-state index contributed by atoms with van der Waals surface area (Å²) in [6.45, 7) is 3.74. The second kappa shape index (κ2) is 12.5. The van der Waals surface area contributed by atoms with Crippen LogP contribution in [0.4, 0.5) is 5.69 Å². The summed E-state index contributed by atoms with van der Waals surface area (Å²) < 4.78 is 39.9. The highest BCUT2D eigenvalue weighted by molar-refractivity contribution is 7.89. The van der Waals surface area contributed by atoms with E-state index in [2.05, 4.69) is 10.0 Å². The second-order valence-corrected chi connectivity index (χ2v) is 11.7. The molecule has 0 aromatic heterocycles. The summed E-state index contributed by atoms with van der Waals surface area (Å²) in [6, 6.07) is 19.9. The molecular formula is C30H34N4O6S. The molecule has 0 saturated heterocycles. The molecule has 2 atom stereocenters. The van der Waals surface area contributed by atoms with Crippen LogP contribution in [-0.4, -0.2) is 59.4 Å². The summed E-state index contributed by atoms with van der Waals surface area (Å²) in [5, 5.41) is 2.70. The maximum absolute atomic E-state index is 13.7. The Labute approximate surface area is 240 Å². The Morgan fingerprint density at radius 1 is 1.00 bits per heavy atom. The quantitative estimate of drug-likeness (QED) is 0.380. The standard InChI is InChI=1S/C30H34N4O6S/c1-19(2)17-23(33-41(37,38)26-18-21(39-4)15-16-25(26)40-5)29(35)32-28-30(36)34(3)24-14-10-9-13-22(24)27(31-28)20-11-7-6-8-12-20/h6-16,18-19,23,28,33H,17H2,1-5H3,(H,32,35). The lowest BCUT2D eigenvalue weighted by Crippen LogP contribution is -2.53. The third-order valence-corrected chi connectivity index (χ3v) is 8.14. The molecule has 0 fully saturated rings. The van der Waals surface area contributed by atoms with E-state index < -0.39 is 34.0 Å². The first kappa shape index (κ1) is 29.8. The van der Waals surface area contributed by atoms with Crippen LogP contribution < -0.4 is 24.4 Å². The zero-order valence-electron chi connectivity index (χ0n) is 23.6. The lowest BCUT2D eigenvalue weighted by molar-refractivity contribution is -0.128. The van der Waals surface area contributed by atoms with Gasteiger partial charge in [-0.3, -0.25) is 9.59 Å². The number of amides is 2. The number of hydrogen-bond acceptors (Lipinski definition) is 7. The van der Waals surface area contributed by atoms with Gasteiger partial charge >= 0.3 is 0 Å². The molecule has 11 heteroatoms. The Kier molecular flexibility index (Phi) is 9.09. The van der Waals surface area contributed by atoms with E-state index in [9.17, 15) is 18.0 Å². The Bertz CT molecular complexity index is 1560. The fraction of sp³-hybridized carbons (Fsp3) is 0.300. The van der Waals surface area contributed by atoms with Crippen molar-refractivity contribution in [3.05, 3.63) is 83.9 Å². The van der Waals surface area contributed by atoms with E-state index in [-0.39, 0.29) is 23.0 Å². The van der Waals surface area contributed by atoms with Gasteiger partial charge in [0.1, 0.15) is 22.4 Å². The van der Waals surface area contributed by atoms with Gasteiger partial charge in [-0.05, 0) is 30.5 Å². The monoisotopic (exact) mass is 578 g/mol. The normalized spacial score (nSPS) is 16.0. The predicted octanol–water partition coefficient (Wildman–Crippen LogP) is 3.35. The molecule has 41 heavy (non-hydrogen) atoms. The minimum absolute atomic E-state index is 0.0548. The summed E-state index contributed by atoms with van der Waals surface area (Å²) >= 11 is 0. The van der Waals surface area contributed by atoms with Gasteiger partial charge in [-0.2, -0.15) is 4.72 Å². The lowest BCUT2D eigenvalue weighted by atomic mass is 10.0. The van der Waals surface area contributed by atoms with Crippen molar-refractivity contribution in [2.24, 2.45) is 10.9 Å². The SMILES string of the molecule is COc1ccc(OC)c(S(=O)(=O)NC(CC(C)C)C(=O)NC2N=C(c3ccccc3)c3ccccc3N(C)C2=O)c1. The minimum atomic E-state index is -4.24. The van der Waals surface area contributed by atoms with Gasteiger partial charge < -0.3 is 19.7 Å². The molecule has 3 aromatic carbocycles. The lowest BCUT2D eigenvalue weighted by Gasteiger charge is -2.24. The van der Waals surface area contributed by atoms with E-state index in [0.29, 0.717) is 17.1 Å². The van der Waals surface area contributed by atoms with Gasteiger partial charge in [0.15, 0.2) is 0 Å². The van der Waals surface area contributed by atoms with Crippen LogP contribution >= 0.6 is 0 Å². The number of sulfonamides is 1. The number of rotatable bonds is 10. The van der Waals surface area contributed by atoms with Crippen molar-refractivity contribution in [3.8, 4) is 11.5 Å². The smallest absolute Gasteiger partial charge is 0.272 e. The van der Waals surface area contributed by atoms with Crippen LogP contribution in [0.25, 0.3) is 0 Å². The number of ether oxygens (including phenoxy) is 2. The van der Waals surface area contributed by atoms with Crippen molar-refractivity contribution in [2.45, 2.75) is 37.4 Å². The van der Waals surface area contributed by atoms with Gasteiger partial charge in [0.2, 0.25) is 22.1 Å². The number of likely N-dealkylation sites (N-methyl/N-ethyl adjacent to an activating group) is 1. The highest BCUT2D eigenvalue weighted by Crippen LogP contribution is 2.29. The average molecular weight is 579 g/mol. The molecule has 0 radical (unpaired) electrons. The number of nitrogens with zero attached hydrogens (tertiary/aromatic N) is 2. The first-order valence-corrected chi connectivity index (χ1v) is 14.6. The first-order chi connectivity index (χ1) is 19.6. The zero-order chi connectivity index (χ0) is 29.7. The van der Waals surface area contributed by atoms with Crippen molar-refractivity contribution in [1.82, 2.24) is 10.0 Å². The third-order valence-electron chi connectivity index (χ3n) is 6.65. The fourth-order valence-electron chi connectivity index (χ4n) is 4.60. The van der Waals surface area contributed by atoms with Crippen LogP contribution in [0.2, 0.25) is 0 Å². The highest BCUT2D eigenvalue weighted by atomic mass is 32.2. The minimum Gasteiger partial charge on any atom is -0.497 e. The van der Waals surface area contributed by atoms with Gasteiger partial charge in [0.05, 0.1) is 25.6 Å². The van der Waals surface area contributed by atoms with E-state index in [1.807, 2.05) is 68.4 Å². The van der Waals surface area contributed by atoms with E-state index >= 15 is 0 Å². The van der Waals surface area contributed by atoms with Gasteiger partial charge in [0, 0.05) is 24.2 Å². The molecule has 1 heterocycles. The topological polar surface area (TPSA) is 126 Å². The summed E-state index contributed by atoms with van der Waals surface area (Å²) in [5.74, 6) is -0.793. The number of methoxy groups -OCH3 is 2. The number of hydrogen-bond donors (Lipinski definition) is 2. The van der Waals surface area contributed by atoms with Crippen molar-refractivity contribution in [2.75, 3.05) is 26.2 Å². The van der Waals surface area contributed by atoms with Crippen LogP contribution in [0.15, 0.2) is 82.7 Å². The molecule has 1 aliphatic rings. The van der Waals surface area contributed by atoms with Crippen molar-refractivity contribution >= 4 is 33.2 Å². The summed E-state index contributed by atoms with van der Waals surface area (Å²) in [4.78, 5) is 33.2.